The smallest absolute Gasteiger partial charge is 0.243 e. The van der Waals surface area contributed by atoms with Crippen LogP contribution in [0.3, 0.4) is 0 Å². The third-order valence-electron chi connectivity index (χ3n) is 8.49. The van der Waals surface area contributed by atoms with Crippen LogP contribution < -0.4 is 10.1 Å². The Balaban J connectivity index is 1.19. The van der Waals surface area contributed by atoms with Crippen molar-refractivity contribution in [2.75, 3.05) is 25.5 Å². The Labute approximate surface area is 284 Å². The fourth-order valence-corrected chi connectivity index (χ4v) is 5.98. The second-order valence-corrected chi connectivity index (χ2v) is 13.5. The van der Waals surface area contributed by atoms with E-state index in [1.54, 1.807) is 23.8 Å². The van der Waals surface area contributed by atoms with Crippen molar-refractivity contribution in [2.45, 2.75) is 103 Å². The Bertz CT molecular complexity index is 1550. The van der Waals surface area contributed by atoms with E-state index in [-0.39, 0.29) is 18.4 Å². The lowest BCUT2D eigenvalue weighted by Crippen LogP contribution is -2.34. The maximum Gasteiger partial charge on any atom is 0.243 e. The molecule has 0 saturated heterocycles. The summed E-state index contributed by atoms with van der Waals surface area (Å²) in [5.41, 5.74) is 2.32. The molecule has 9 nitrogen and oxygen atoms in total. The van der Waals surface area contributed by atoms with Crippen LogP contribution in [0.4, 0.5) is 5.69 Å². The topological polar surface area (TPSA) is 105 Å². The lowest BCUT2D eigenvalue weighted by molar-refractivity contribution is -0.133. The third-order valence-corrected chi connectivity index (χ3v) is 8.85. The lowest BCUT2D eigenvalue weighted by atomic mass is 9.90. The number of unbranched alkanes of at least 4 members (excludes halogenated alkanes) is 10. The first-order valence-corrected chi connectivity index (χ1v) is 17.5. The van der Waals surface area contributed by atoms with Gasteiger partial charge >= 0.3 is 0 Å². The molecule has 2 aromatic heterocycles. The molecule has 0 spiro atoms. The van der Waals surface area contributed by atoms with Crippen molar-refractivity contribution in [1.82, 2.24) is 24.7 Å². The number of rotatable bonds is 20. The summed E-state index contributed by atoms with van der Waals surface area (Å²) in [7, 11) is 1.68. The van der Waals surface area contributed by atoms with Crippen LogP contribution in [0.25, 0.3) is 17.0 Å². The first-order valence-electron chi connectivity index (χ1n) is 17.1. The molecule has 2 N–H and O–H groups in total. The van der Waals surface area contributed by atoms with E-state index < -0.39 is 5.41 Å². The Hall–Kier alpha value is -3.85. The van der Waals surface area contributed by atoms with Gasteiger partial charge in [0.2, 0.25) is 11.8 Å². The molecule has 10 heteroatoms. The van der Waals surface area contributed by atoms with Gasteiger partial charge in [0.15, 0.2) is 11.5 Å². The van der Waals surface area contributed by atoms with E-state index in [0.29, 0.717) is 35.2 Å². The molecule has 0 bridgehead atoms. The van der Waals surface area contributed by atoms with E-state index in [0.717, 1.165) is 29.8 Å². The van der Waals surface area contributed by atoms with Crippen LogP contribution in [0.5, 0.6) is 5.75 Å². The molecule has 4 rings (SSSR count). The van der Waals surface area contributed by atoms with Gasteiger partial charge in [0.25, 0.3) is 0 Å². The number of benzene rings is 2. The van der Waals surface area contributed by atoms with Gasteiger partial charge in [-0.25, -0.2) is 4.98 Å². The number of carbonyl (C=O) groups is 2. The average molecular weight is 663 g/mol. The lowest BCUT2D eigenvalue weighted by Gasteiger charge is -2.23. The fourth-order valence-electron chi connectivity index (χ4n) is 5.56. The van der Waals surface area contributed by atoms with Crippen molar-refractivity contribution in [3.05, 3.63) is 65.3 Å². The average Bonchev–Trinajstić information content (AvgIpc) is 3.63. The van der Waals surface area contributed by atoms with Crippen LogP contribution >= 0.6 is 11.6 Å². The summed E-state index contributed by atoms with van der Waals surface area (Å²) in [5.74, 6) is 1.07. The number of carbonyl (C=O) groups excluding carboxylic acids is 2. The van der Waals surface area contributed by atoms with Crippen LogP contribution in [-0.4, -0.2) is 56.7 Å². The number of hydrogen-bond acceptors (Lipinski definition) is 5. The molecule has 0 aliphatic rings. The molecule has 0 unspecified atom stereocenters. The van der Waals surface area contributed by atoms with Crippen molar-refractivity contribution in [1.29, 1.82) is 0 Å². The highest BCUT2D eigenvalue weighted by molar-refractivity contribution is 6.34. The van der Waals surface area contributed by atoms with Gasteiger partial charge in [-0.3, -0.25) is 14.7 Å². The molecule has 0 aliphatic carbocycles. The minimum Gasteiger partial charge on any atom is -0.493 e. The van der Waals surface area contributed by atoms with Gasteiger partial charge in [0.05, 0.1) is 18.8 Å². The van der Waals surface area contributed by atoms with E-state index in [1.165, 1.54) is 62.7 Å². The summed E-state index contributed by atoms with van der Waals surface area (Å²) in [6.07, 6.45) is 14.1. The quantitative estimate of drug-likeness (QED) is 0.0920. The summed E-state index contributed by atoms with van der Waals surface area (Å²) in [5, 5.41) is 11.2. The second-order valence-electron chi connectivity index (χ2n) is 13.1. The first-order chi connectivity index (χ1) is 22.7. The zero-order chi connectivity index (χ0) is 33.6. The van der Waals surface area contributed by atoms with Crippen molar-refractivity contribution in [3.8, 4) is 17.1 Å². The number of fused-ring (bicyclic) bond motifs is 1. The number of nitrogens with zero attached hydrogens (tertiary/aromatic N) is 4. The summed E-state index contributed by atoms with van der Waals surface area (Å²) in [4.78, 5) is 31.4. The maximum atomic E-state index is 12.6. The molecular formula is C37H51ClN6O3. The normalized spacial score (nSPS) is 11.6. The minimum absolute atomic E-state index is 0.00177. The minimum atomic E-state index is -0.416. The van der Waals surface area contributed by atoms with Crippen molar-refractivity contribution in [3.63, 3.8) is 0 Å². The maximum absolute atomic E-state index is 12.6. The predicted molar refractivity (Wildman–Crippen MR) is 190 cm³/mol. The van der Waals surface area contributed by atoms with Crippen molar-refractivity contribution >= 4 is 34.7 Å². The molecule has 0 atom stereocenters. The number of aromatic nitrogens is 4. The molecule has 0 saturated carbocycles. The van der Waals surface area contributed by atoms with E-state index in [4.69, 9.17) is 16.3 Å². The number of halogens is 1. The number of hydrogen-bond donors (Lipinski definition) is 2. The SMILES string of the molecule is CCCCCCCCCCCCCC(=O)N(C)CC(=O)Nc1ccc(-c2nc3c(Cl)c(C(C)(C)COc4ccccc4)[nH]n3n2)cc1. The van der Waals surface area contributed by atoms with Crippen LogP contribution in [-0.2, 0) is 15.0 Å². The van der Waals surface area contributed by atoms with Crippen LogP contribution in [0, 0.1) is 0 Å². The molecule has 2 amide bonds. The highest BCUT2D eigenvalue weighted by Gasteiger charge is 2.29. The Morgan fingerprint density at radius 1 is 0.915 bits per heavy atom. The molecule has 254 valence electrons. The Morgan fingerprint density at radius 2 is 1.53 bits per heavy atom. The molecular weight excluding hydrogens is 612 g/mol. The zero-order valence-electron chi connectivity index (χ0n) is 28.5. The number of H-pyrrole nitrogens is 1. The highest BCUT2D eigenvalue weighted by atomic mass is 35.5. The van der Waals surface area contributed by atoms with Gasteiger partial charge in [0.1, 0.15) is 10.8 Å². The zero-order valence-corrected chi connectivity index (χ0v) is 29.2. The molecule has 2 heterocycles. The monoisotopic (exact) mass is 662 g/mol. The van der Waals surface area contributed by atoms with Crippen molar-refractivity contribution in [2.24, 2.45) is 0 Å². The molecule has 2 aromatic carbocycles. The van der Waals surface area contributed by atoms with Crippen molar-refractivity contribution < 1.29 is 14.3 Å². The number of anilines is 1. The van der Waals surface area contributed by atoms with Gasteiger partial charge in [0, 0.05) is 30.1 Å². The largest absolute Gasteiger partial charge is 0.493 e. The standard InChI is InChI=1S/C37H51ClN6O3/c1-5-6-7-8-9-10-11-12-13-14-18-21-32(46)43(4)26-31(45)39-29-24-22-28(23-25-29)35-40-36-33(38)34(41-44(36)42-35)37(2,3)27-47-30-19-16-15-17-20-30/h15-17,19-20,22-25,41H,5-14,18,21,26-27H2,1-4H3,(H,39,45). The Morgan fingerprint density at radius 3 is 2.15 bits per heavy atom. The number of nitrogens with one attached hydrogen (secondary N) is 2. The van der Waals surface area contributed by atoms with Gasteiger partial charge in [-0.15, -0.1) is 5.10 Å². The summed E-state index contributed by atoms with van der Waals surface area (Å²) in [6.45, 7) is 6.78. The van der Waals surface area contributed by atoms with Crippen LogP contribution in [0.1, 0.15) is 104 Å². The number of likely N-dealkylation sites (N-methyl/N-ethyl adjacent to an activating group) is 1. The van der Waals surface area contributed by atoms with Crippen LogP contribution in [0.2, 0.25) is 5.02 Å². The molecule has 0 aliphatic heterocycles. The molecule has 47 heavy (non-hydrogen) atoms. The number of ether oxygens (including phenoxy) is 1. The molecule has 0 radical (unpaired) electrons. The number of aromatic amines is 1. The van der Waals surface area contributed by atoms with Gasteiger partial charge in [-0.1, -0.05) is 115 Å². The van der Waals surface area contributed by atoms with E-state index >= 15 is 0 Å². The predicted octanol–water partition coefficient (Wildman–Crippen LogP) is 8.83. The molecule has 4 aromatic rings. The van der Waals surface area contributed by atoms with E-state index in [9.17, 15) is 9.59 Å². The summed E-state index contributed by atoms with van der Waals surface area (Å²) < 4.78 is 7.56. The summed E-state index contributed by atoms with van der Waals surface area (Å²) >= 11 is 6.76. The van der Waals surface area contributed by atoms with E-state index in [1.807, 2.05) is 56.3 Å². The second kappa shape index (κ2) is 17.9. The highest BCUT2D eigenvalue weighted by Crippen LogP contribution is 2.33. The summed E-state index contributed by atoms with van der Waals surface area (Å²) in [6, 6.07) is 17.0. The van der Waals surface area contributed by atoms with Gasteiger partial charge < -0.3 is 15.0 Å². The van der Waals surface area contributed by atoms with E-state index in [2.05, 4.69) is 27.4 Å². The first kappa shape index (κ1) is 36.0. The van der Waals surface area contributed by atoms with Crippen LogP contribution in [0.15, 0.2) is 54.6 Å². The fraction of sp³-hybridized carbons (Fsp3) is 0.514. The van der Waals surface area contributed by atoms with Gasteiger partial charge in [-0.05, 0) is 42.8 Å². The number of para-hydroxylation sites is 1. The third kappa shape index (κ3) is 10.8. The molecule has 0 fully saturated rings. The number of amides is 2. The van der Waals surface area contributed by atoms with Gasteiger partial charge in [-0.2, -0.15) is 4.63 Å². The Kier molecular flexibility index (Phi) is 13.7.